The quantitative estimate of drug-likeness (QED) is 0.857. The highest BCUT2D eigenvalue weighted by Gasteiger charge is 2.38. The van der Waals surface area contributed by atoms with Crippen LogP contribution in [0.4, 0.5) is 5.69 Å². The molecule has 2 aromatic rings. The average molecular weight is 323 g/mol. The predicted molar refractivity (Wildman–Crippen MR) is 83.5 cm³/mol. The standard InChI is InChI=1S/C14H17N3O2S2/c1-10-16-8-14(20-10)21(18,19)17(13-6-7-13)9-11-2-4-12(15)5-3-11/h2-5,8,13H,6-7,9,15H2,1H3. The largest absolute Gasteiger partial charge is 0.399 e. The zero-order valence-electron chi connectivity index (χ0n) is 11.7. The molecule has 21 heavy (non-hydrogen) atoms. The van der Waals surface area contributed by atoms with E-state index in [1.807, 2.05) is 19.1 Å². The molecule has 2 N–H and O–H groups in total. The summed E-state index contributed by atoms with van der Waals surface area (Å²) in [5, 5.41) is 0.761. The van der Waals surface area contributed by atoms with Gasteiger partial charge in [0.2, 0.25) is 0 Å². The Hall–Kier alpha value is -1.44. The van der Waals surface area contributed by atoms with Crippen molar-refractivity contribution in [1.29, 1.82) is 0 Å². The van der Waals surface area contributed by atoms with Crippen LogP contribution in [-0.2, 0) is 16.6 Å². The third-order valence-corrected chi connectivity index (χ3v) is 6.68. The Bertz CT molecular complexity index is 734. The zero-order chi connectivity index (χ0) is 15.0. The first-order valence-electron chi connectivity index (χ1n) is 6.75. The Kier molecular flexibility index (Phi) is 3.73. The highest BCUT2D eigenvalue weighted by Crippen LogP contribution is 2.35. The molecule has 1 heterocycles. The van der Waals surface area contributed by atoms with Crippen LogP contribution in [0.1, 0.15) is 23.4 Å². The van der Waals surface area contributed by atoms with Crippen LogP contribution in [0.5, 0.6) is 0 Å². The molecule has 0 radical (unpaired) electrons. The van der Waals surface area contributed by atoms with Crippen molar-refractivity contribution >= 4 is 27.0 Å². The van der Waals surface area contributed by atoms with Gasteiger partial charge in [-0.3, -0.25) is 0 Å². The maximum Gasteiger partial charge on any atom is 0.254 e. The predicted octanol–water partition coefficient (Wildman–Crippen LogP) is 2.39. The van der Waals surface area contributed by atoms with Crippen LogP contribution >= 0.6 is 11.3 Å². The Labute approximate surface area is 128 Å². The van der Waals surface area contributed by atoms with Crippen LogP contribution < -0.4 is 5.73 Å². The van der Waals surface area contributed by atoms with Crippen molar-refractivity contribution in [3.05, 3.63) is 41.0 Å². The van der Waals surface area contributed by atoms with E-state index >= 15 is 0 Å². The molecule has 0 unspecified atom stereocenters. The topological polar surface area (TPSA) is 76.3 Å². The van der Waals surface area contributed by atoms with Gasteiger partial charge in [-0.25, -0.2) is 13.4 Å². The molecular weight excluding hydrogens is 306 g/mol. The molecule has 1 aromatic heterocycles. The highest BCUT2D eigenvalue weighted by atomic mass is 32.2. The average Bonchev–Trinajstić information content (AvgIpc) is 3.18. The van der Waals surface area contributed by atoms with E-state index in [1.165, 1.54) is 17.5 Å². The summed E-state index contributed by atoms with van der Waals surface area (Å²) in [5.74, 6) is 0. The maximum atomic E-state index is 12.8. The summed E-state index contributed by atoms with van der Waals surface area (Å²) in [4.78, 5) is 4.06. The third-order valence-electron chi connectivity index (χ3n) is 3.44. The summed E-state index contributed by atoms with van der Waals surface area (Å²) >= 11 is 1.22. The number of benzene rings is 1. The minimum Gasteiger partial charge on any atom is -0.399 e. The van der Waals surface area contributed by atoms with Gasteiger partial charge in [0.25, 0.3) is 10.0 Å². The second-order valence-electron chi connectivity index (χ2n) is 5.22. The molecule has 1 aromatic carbocycles. The number of aromatic nitrogens is 1. The van der Waals surface area contributed by atoms with E-state index in [0.717, 1.165) is 23.4 Å². The van der Waals surface area contributed by atoms with Crippen LogP contribution in [0, 0.1) is 6.92 Å². The first kappa shape index (κ1) is 14.5. The number of nitrogens with zero attached hydrogens (tertiary/aromatic N) is 2. The third kappa shape index (κ3) is 3.09. The van der Waals surface area contributed by atoms with E-state index in [2.05, 4.69) is 4.98 Å². The smallest absolute Gasteiger partial charge is 0.254 e. The highest BCUT2D eigenvalue weighted by molar-refractivity contribution is 7.91. The zero-order valence-corrected chi connectivity index (χ0v) is 13.3. The van der Waals surface area contributed by atoms with Crippen molar-refractivity contribution in [3.8, 4) is 0 Å². The van der Waals surface area contributed by atoms with E-state index in [0.29, 0.717) is 16.4 Å². The van der Waals surface area contributed by atoms with Crippen LogP contribution in [0.15, 0.2) is 34.7 Å². The fourth-order valence-electron chi connectivity index (χ4n) is 2.15. The van der Waals surface area contributed by atoms with E-state index < -0.39 is 10.0 Å². The van der Waals surface area contributed by atoms with E-state index in [-0.39, 0.29) is 6.04 Å². The summed E-state index contributed by atoms with van der Waals surface area (Å²) in [6.45, 7) is 2.19. The molecule has 1 aliphatic carbocycles. The maximum absolute atomic E-state index is 12.8. The van der Waals surface area contributed by atoms with Crippen molar-refractivity contribution in [1.82, 2.24) is 9.29 Å². The number of rotatable bonds is 5. The minimum atomic E-state index is -3.47. The lowest BCUT2D eigenvalue weighted by molar-refractivity contribution is 0.400. The lowest BCUT2D eigenvalue weighted by Crippen LogP contribution is -2.32. The number of hydrogen-bond acceptors (Lipinski definition) is 5. The van der Waals surface area contributed by atoms with Gasteiger partial charge >= 0.3 is 0 Å². The molecule has 5 nitrogen and oxygen atoms in total. The van der Waals surface area contributed by atoms with Crippen LogP contribution in [0.25, 0.3) is 0 Å². The van der Waals surface area contributed by atoms with Crippen molar-refractivity contribution in [2.45, 2.75) is 36.6 Å². The van der Waals surface area contributed by atoms with Gasteiger partial charge in [-0.15, -0.1) is 11.3 Å². The van der Waals surface area contributed by atoms with Gasteiger partial charge in [0, 0.05) is 18.3 Å². The SMILES string of the molecule is Cc1ncc(S(=O)(=O)N(Cc2ccc(N)cc2)C2CC2)s1. The lowest BCUT2D eigenvalue weighted by Gasteiger charge is -2.21. The molecule has 0 spiro atoms. The summed E-state index contributed by atoms with van der Waals surface area (Å²) in [6, 6.07) is 7.44. The van der Waals surface area contributed by atoms with Gasteiger partial charge in [-0.2, -0.15) is 4.31 Å². The second-order valence-corrected chi connectivity index (χ2v) is 8.57. The summed E-state index contributed by atoms with van der Waals surface area (Å²) < 4.78 is 27.5. The molecule has 1 aliphatic rings. The van der Waals surface area contributed by atoms with Gasteiger partial charge in [-0.1, -0.05) is 12.1 Å². The molecule has 1 saturated carbocycles. The van der Waals surface area contributed by atoms with Gasteiger partial charge in [0.05, 0.1) is 11.2 Å². The Balaban J connectivity index is 1.89. The van der Waals surface area contributed by atoms with E-state index in [9.17, 15) is 8.42 Å². The molecule has 0 amide bonds. The molecule has 1 fully saturated rings. The molecule has 7 heteroatoms. The second kappa shape index (κ2) is 5.40. The molecular formula is C14H17N3O2S2. The number of thiazole rings is 1. The summed E-state index contributed by atoms with van der Waals surface area (Å²) in [6.07, 6.45) is 3.30. The number of aryl methyl sites for hydroxylation is 1. The number of anilines is 1. The monoisotopic (exact) mass is 323 g/mol. The fourth-order valence-corrected chi connectivity index (χ4v) is 5.06. The lowest BCUT2D eigenvalue weighted by atomic mass is 10.2. The first-order valence-corrected chi connectivity index (χ1v) is 9.01. The molecule has 0 aliphatic heterocycles. The van der Waals surface area contributed by atoms with E-state index in [1.54, 1.807) is 16.4 Å². The Morgan fingerprint density at radius 3 is 2.52 bits per heavy atom. The normalized spacial score (nSPS) is 15.5. The van der Waals surface area contributed by atoms with Crippen LogP contribution in [0.3, 0.4) is 0 Å². The van der Waals surface area contributed by atoms with E-state index in [4.69, 9.17) is 5.73 Å². The van der Waals surface area contributed by atoms with Gasteiger partial charge in [0.15, 0.2) is 4.21 Å². The van der Waals surface area contributed by atoms with Gasteiger partial charge in [-0.05, 0) is 37.5 Å². The Morgan fingerprint density at radius 1 is 1.33 bits per heavy atom. The number of nitrogens with two attached hydrogens (primary N) is 1. The number of hydrogen-bond donors (Lipinski definition) is 1. The Morgan fingerprint density at radius 2 is 2.00 bits per heavy atom. The number of nitrogen functional groups attached to an aromatic ring is 1. The fraction of sp³-hybridized carbons (Fsp3) is 0.357. The summed E-state index contributed by atoms with van der Waals surface area (Å²) in [7, 11) is -3.47. The molecule has 112 valence electrons. The van der Waals surface area contributed by atoms with Gasteiger partial charge in [0.1, 0.15) is 0 Å². The molecule has 0 atom stereocenters. The van der Waals surface area contributed by atoms with Crippen LogP contribution in [0.2, 0.25) is 0 Å². The van der Waals surface area contributed by atoms with Crippen molar-refractivity contribution in [2.24, 2.45) is 0 Å². The summed E-state index contributed by atoms with van der Waals surface area (Å²) in [5.41, 5.74) is 7.29. The molecule has 0 saturated heterocycles. The first-order chi connectivity index (χ1) is 9.96. The van der Waals surface area contributed by atoms with Crippen molar-refractivity contribution in [2.75, 3.05) is 5.73 Å². The van der Waals surface area contributed by atoms with Crippen molar-refractivity contribution < 1.29 is 8.42 Å². The number of sulfonamides is 1. The molecule has 3 rings (SSSR count). The molecule has 0 bridgehead atoms. The van der Waals surface area contributed by atoms with Crippen LogP contribution in [-0.4, -0.2) is 23.7 Å². The van der Waals surface area contributed by atoms with Crippen molar-refractivity contribution in [3.63, 3.8) is 0 Å². The van der Waals surface area contributed by atoms with Gasteiger partial charge < -0.3 is 5.73 Å². The minimum absolute atomic E-state index is 0.106.